The van der Waals surface area contributed by atoms with Crippen LogP contribution in [-0.2, 0) is 11.3 Å². The minimum absolute atomic E-state index is 0.179. The van der Waals surface area contributed by atoms with E-state index in [1.807, 2.05) is 6.07 Å². The van der Waals surface area contributed by atoms with Crippen molar-refractivity contribution in [3.63, 3.8) is 0 Å². The molecule has 1 aromatic carbocycles. The molecule has 130 valence electrons. The second kappa shape index (κ2) is 6.66. The Hall–Kier alpha value is -2.70. The number of benzene rings is 1. The Morgan fingerprint density at radius 1 is 1.32 bits per heavy atom. The molecule has 6 nitrogen and oxygen atoms in total. The minimum atomic E-state index is -0.253. The van der Waals surface area contributed by atoms with Crippen molar-refractivity contribution in [2.75, 3.05) is 6.54 Å². The first kappa shape index (κ1) is 15.8. The fraction of sp³-hybridized carbons (Fsp3) is 0.389. The highest BCUT2D eigenvalue weighted by Gasteiger charge is 2.27. The van der Waals surface area contributed by atoms with Crippen LogP contribution in [0.5, 0.6) is 0 Å². The van der Waals surface area contributed by atoms with E-state index in [9.17, 15) is 9.18 Å². The van der Waals surface area contributed by atoms with E-state index in [1.165, 1.54) is 12.1 Å². The molecule has 1 fully saturated rings. The number of carbonyl (C=O) groups excluding carboxylic acids is 1. The predicted molar refractivity (Wildman–Crippen MR) is 89.9 cm³/mol. The first-order chi connectivity index (χ1) is 12.2. The molecule has 4 rings (SSSR count). The third-order valence-electron chi connectivity index (χ3n) is 4.45. The Labute approximate surface area is 144 Å². The van der Waals surface area contributed by atoms with Crippen molar-refractivity contribution in [2.45, 2.75) is 37.7 Å². The number of nitrogens with zero attached hydrogens (tertiary/aromatic N) is 2. The summed E-state index contributed by atoms with van der Waals surface area (Å²) in [5.74, 6) is 0.0746. The van der Waals surface area contributed by atoms with E-state index in [1.54, 1.807) is 12.1 Å². The molecule has 1 aromatic heterocycles. The fourth-order valence-electron chi connectivity index (χ4n) is 2.89. The van der Waals surface area contributed by atoms with Crippen molar-refractivity contribution in [1.29, 1.82) is 0 Å². The molecule has 2 aromatic rings. The third-order valence-corrected chi connectivity index (χ3v) is 4.45. The van der Waals surface area contributed by atoms with Crippen LogP contribution in [0.4, 0.5) is 4.39 Å². The second-order valence-electron chi connectivity index (χ2n) is 6.59. The summed E-state index contributed by atoms with van der Waals surface area (Å²) < 4.78 is 12.9. The number of H-pyrrole nitrogens is 1. The summed E-state index contributed by atoms with van der Waals surface area (Å²) in [4.78, 5) is 17.5. The summed E-state index contributed by atoms with van der Waals surface area (Å²) in [5, 5.41) is 13.9. The Kier molecular flexibility index (Phi) is 4.21. The first-order valence-corrected chi connectivity index (χ1v) is 8.47. The molecule has 2 aliphatic rings. The lowest BCUT2D eigenvalue weighted by Gasteiger charge is -2.08. The maximum atomic E-state index is 12.9. The van der Waals surface area contributed by atoms with Gasteiger partial charge in [0.25, 0.3) is 5.91 Å². The number of aromatic amines is 1. The zero-order valence-corrected chi connectivity index (χ0v) is 13.7. The van der Waals surface area contributed by atoms with Gasteiger partial charge in [0.2, 0.25) is 0 Å². The summed E-state index contributed by atoms with van der Waals surface area (Å²) in [6, 6.07) is 8.16. The molecule has 0 radical (unpaired) electrons. The van der Waals surface area contributed by atoms with E-state index in [4.69, 9.17) is 4.84 Å². The van der Waals surface area contributed by atoms with Crippen LogP contribution in [-0.4, -0.2) is 34.5 Å². The Morgan fingerprint density at radius 3 is 2.88 bits per heavy atom. The van der Waals surface area contributed by atoms with E-state index in [0.717, 1.165) is 29.8 Å². The molecular formula is C18H19FN4O2. The molecule has 1 saturated carbocycles. The first-order valence-electron chi connectivity index (χ1n) is 8.47. The van der Waals surface area contributed by atoms with Crippen molar-refractivity contribution in [1.82, 2.24) is 15.5 Å². The number of rotatable bonds is 6. The molecule has 0 bridgehead atoms. The van der Waals surface area contributed by atoms with Gasteiger partial charge in [-0.2, -0.15) is 5.10 Å². The molecule has 7 heteroatoms. The van der Waals surface area contributed by atoms with Gasteiger partial charge in [0, 0.05) is 24.5 Å². The summed E-state index contributed by atoms with van der Waals surface area (Å²) in [5.41, 5.74) is 3.32. The number of nitrogens with one attached hydrogen (secondary N) is 2. The number of oxime groups is 1. The standard InChI is InChI=1S/C18H19FN4O2/c19-13-5-1-11(2-6-13)7-14-8-15(25-23-14)10-20-18(24)17-9-16(21-22-17)12-3-4-12/h1-2,5-6,9,12,15H,3-4,7-8,10H2,(H,20,24)(H,21,22)/t15-/m1/s1. The molecule has 1 atom stereocenters. The van der Waals surface area contributed by atoms with E-state index >= 15 is 0 Å². The quantitative estimate of drug-likeness (QED) is 0.847. The minimum Gasteiger partial charge on any atom is -0.390 e. The van der Waals surface area contributed by atoms with Gasteiger partial charge in [0.05, 0.1) is 12.3 Å². The van der Waals surface area contributed by atoms with Crippen molar-refractivity contribution >= 4 is 11.6 Å². The predicted octanol–water partition coefficient (Wildman–Crippen LogP) is 2.54. The largest absolute Gasteiger partial charge is 0.390 e. The highest BCUT2D eigenvalue weighted by atomic mass is 19.1. The van der Waals surface area contributed by atoms with Crippen LogP contribution in [0.3, 0.4) is 0 Å². The molecule has 0 spiro atoms. The maximum Gasteiger partial charge on any atom is 0.271 e. The van der Waals surface area contributed by atoms with Crippen LogP contribution in [0.1, 0.15) is 46.9 Å². The zero-order chi connectivity index (χ0) is 17.2. The van der Waals surface area contributed by atoms with E-state index in [-0.39, 0.29) is 17.8 Å². The van der Waals surface area contributed by atoms with Crippen LogP contribution >= 0.6 is 0 Å². The van der Waals surface area contributed by atoms with E-state index in [2.05, 4.69) is 20.7 Å². The second-order valence-corrected chi connectivity index (χ2v) is 6.59. The van der Waals surface area contributed by atoms with Gasteiger partial charge in [-0.05, 0) is 36.6 Å². The van der Waals surface area contributed by atoms with Gasteiger partial charge >= 0.3 is 0 Å². The molecular weight excluding hydrogens is 323 g/mol. The van der Waals surface area contributed by atoms with Crippen LogP contribution in [0, 0.1) is 5.82 Å². The van der Waals surface area contributed by atoms with Crippen molar-refractivity contribution < 1.29 is 14.0 Å². The highest BCUT2D eigenvalue weighted by Crippen LogP contribution is 2.38. The number of hydrogen-bond acceptors (Lipinski definition) is 4. The van der Waals surface area contributed by atoms with Gasteiger partial charge in [-0.3, -0.25) is 9.89 Å². The number of carbonyl (C=O) groups is 1. The normalized spacial score (nSPS) is 19.4. The third kappa shape index (κ3) is 3.87. The summed E-state index contributed by atoms with van der Waals surface area (Å²) in [6.45, 7) is 0.376. The average Bonchev–Trinajstić information content (AvgIpc) is 3.17. The SMILES string of the molecule is O=C(NC[C@H]1CC(Cc2ccc(F)cc2)=NO1)c1cc(C2CC2)[nH]n1. The summed E-state index contributed by atoms with van der Waals surface area (Å²) in [7, 11) is 0. The number of hydrogen-bond donors (Lipinski definition) is 2. The number of aromatic nitrogens is 2. The van der Waals surface area contributed by atoms with Crippen molar-refractivity contribution in [3.05, 3.63) is 53.1 Å². The van der Waals surface area contributed by atoms with E-state index in [0.29, 0.717) is 31.0 Å². The van der Waals surface area contributed by atoms with E-state index < -0.39 is 0 Å². The lowest BCUT2D eigenvalue weighted by atomic mass is 10.0. The maximum absolute atomic E-state index is 12.9. The monoisotopic (exact) mass is 342 g/mol. The molecule has 2 heterocycles. The molecule has 1 amide bonds. The lowest BCUT2D eigenvalue weighted by molar-refractivity contribution is 0.0751. The van der Waals surface area contributed by atoms with Gasteiger partial charge in [-0.1, -0.05) is 17.3 Å². The number of amides is 1. The van der Waals surface area contributed by atoms with Gasteiger partial charge in [0.1, 0.15) is 17.6 Å². The molecule has 1 aliphatic carbocycles. The molecule has 1 aliphatic heterocycles. The van der Waals surface area contributed by atoms with Crippen molar-refractivity contribution in [3.8, 4) is 0 Å². The van der Waals surface area contributed by atoms with Crippen LogP contribution in [0.2, 0.25) is 0 Å². The molecule has 2 N–H and O–H groups in total. The molecule has 0 unspecified atom stereocenters. The zero-order valence-electron chi connectivity index (χ0n) is 13.7. The van der Waals surface area contributed by atoms with Crippen LogP contribution in [0.25, 0.3) is 0 Å². The average molecular weight is 342 g/mol. The Bertz CT molecular complexity index is 796. The molecule has 25 heavy (non-hydrogen) atoms. The van der Waals surface area contributed by atoms with Crippen LogP contribution < -0.4 is 5.32 Å². The van der Waals surface area contributed by atoms with Gasteiger partial charge in [-0.25, -0.2) is 4.39 Å². The van der Waals surface area contributed by atoms with Gasteiger partial charge in [-0.15, -0.1) is 0 Å². The highest BCUT2D eigenvalue weighted by molar-refractivity contribution is 5.92. The van der Waals surface area contributed by atoms with Gasteiger partial charge < -0.3 is 10.2 Å². The summed E-state index contributed by atoms with van der Waals surface area (Å²) >= 11 is 0. The van der Waals surface area contributed by atoms with Crippen molar-refractivity contribution in [2.24, 2.45) is 5.16 Å². The number of halogens is 1. The topological polar surface area (TPSA) is 79.4 Å². The smallest absolute Gasteiger partial charge is 0.271 e. The van der Waals surface area contributed by atoms with Crippen LogP contribution in [0.15, 0.2) is 35.5 Å². The lowest BCUT2D eigenvalue weighted by Crippen LogP contribution is -2.32. The fourth-order valence-corrected chi connectivity index (χ4v) is 2.89. The van der Waals surface area contributed by atoms with Gasteiger partial charge in [0.15, 0.2) is 0 Å². The molecule has 0 saturated heterocycles. The Balaban J connectivity index is 1.24. The summed E-state index contributed by atoms with van der Waals surface area (Å²) in [6.07, 6.45) is 3.40. The Morgan fingerprint density at radius 2 is 2.12 bits per heavy atom.